The highest BCUT2D eigenvalue weighted by Gasteiger charge is 2.26. The van der Waals surface area contributed by atoms with Gasteiger partial charge in [0.2, 0.25) is 0 Å². The molecule has 0 atom stereocenters. The lowest BCUT2D eigenvalue weighted by Crippen LogP contribution is -2.08. The molecule has 0 aromatic carbocycles. The monoisotopic (exact) mass is 258 g/mol. The van der Waals surface area contributed by atoms with E-state index in [0.29, 0.717) is 0 Å². The van der Waals surface area contributed by atoms with Crippen molar-refractivity contribution in [1.82, 2.24) is 9.78 Å². The third-order valence-electron chi connectivity index (χ3n) is 1.47. The lowest BCUT2D eigenvalue weighted by Gasteiger charge is -2.00. The highest BCUT2D eigenvalue weighted by atomic mass is 35.7. The largest absolute Gasteiger partial charge is 0.265 e. The van der Waals surface area contributed by atoms with Crippen molar-refractivity contribution in [3.63, 3.8) is 0 Å². The minimum atomic E-state index is -4.09. The molecule has 0 saturated carbocycles. The minimum absolute atomic E-state index is 0.410. The first kappa shape index (κ1) is 11.5. The maximum absolute atomic E-state index is 11.2. The predicted octanol–water partition coefficient (Wildman–Crippen LogP) is -0.249. The molecule has 80 valence electrons. The molecule has 1 aromatic rings. The third-order valence-corrected chi connectivity index (χ3v) is 4.11. The molecule has 0 saturated heterocycles. The third kappa shape index (κ3) is 2.07. The van der Waals surface area contributed by atoms with Crippen LogP contribution in [0.3, 0.4) is 0 Å². The second-order valence-electron chi connectivity index (χ2n) is 2.65. The van der Waals surface area contributed by atoms with Gasteiger partial charge < -0.3 is 0 Å². The number of aromatic nitrogens is 2. The average Bonchev–Trinajstić information content (AvgIpc) is 2.27. The maximum Gasteiger partial charge on any atom is 0.265 e. The van der Waals surface area contributed by atoms with E-state index in [1.54, 1.807) is 0 Å². The first-order valence-electron chi connectivity index (χ1n) is 3.31. The van der Waals surface area contributed by atoms with E-state index < -0.39 is 28.8 Å². The SMILES string of the molecule is Cn1ncc(S(=O)(=O)Cl)c1S(C)(=O)=O. The van der Waals surface area contributed by atoms with Gasteiger partial charge >= 0.3 is 0 Å². The summed E-state index contributed by atoms with van der Waals surface area (Å²) in [5, 5.41) is 3.11. The van der Waals surface area contributed by atoms with Crippen molar-refractivity contribution in [3.8, 4) is 0 Å². The van der Waals surface area contributed by atoms with Crippen LogP contribution in [0.25, 0.3) is 0 Å². The van der Waals surface area contributed by atoms with E-state index in [1.165, 1.54) is 7.05 Å². The molecular formula is C5H7ClN2O4S2. The van der Waals surface area contributed by atoms with Gasteiger partial charge in [-0.25, -0.2) is 16.8 Å². The maximum atomic E-state index is 11.2. The van der Waals surface area contributed by atoms with Gasteiger partial charge in [0, 0.05) is 24.0 Å². The van der Waals surface area contributed by atoms with Crippen LogP contribution < -0.4 is 0 Å². The highest BCUT2D eigenvalue weighted by molar-refractivity contribution is 8.14. The van der Waals surface area contributed by atoms with Crippen LogP contribution in [0.5, 0.6) is 0 Å². The van der Waals surface area contributed by atoms with Crippen LogP contribution in [0.1, 0.15) is 0 Å². The van der Waals surface area contributed by atoms with Crippen LogP contribution in [0.4, 0.5) is 0 Å². The van der Waals surface area contributed by atoms with Gasteiger partial charge in [0.15, 0.2) is 14.9 Å². The smallest absolute Gasteiger partial charge is 0.256 e. The second kappa shape index (κ2) is 3.21. The Hall–Kier alpha value is -0.600. The molecule has 6 nitrogen and oxygen atoms in total. The Morgan fingerprint density at radius 3 is 2.14 bits per heavy atom. The van der Waals surface area contributed by atoms with Crippen LogP contribution in [0.2, 0.25) is 0 Å². The summed E-state index contributed by atoms with van der Waals surface area (Å²) in [4.78, 5) is -0.496. The number of nitrogens with zero attached hydrogens (tertiary/aromatic N) is 2. The van der Waals surface area contributed by atoms with E-state index in [-0.39, 0.29) is 0 Å². The zero-order valence-corrected chi connectivity index (χ0v) is 9.69. The Morgan fingerprint density at radius 2 is 1.86 bits per heavy atom. The summed E-state index contributed by atoms with van der Waals surface area (Å²) in [6, 6.07) is 0. The molecule has 0 bridgehead atoms. The van der Waals surface area contributed by atoms with E-state index in [0.717, 1.165) is 17.1 Å². The van der Waals surface area contributed by atoms with Gasteiger partial charge in [-0.1, -0.05) is 0 Å². The number of rotatable bonds is 2. The molecule has 1 rings (SSSR count). The van der Waals surface area contributed by atoms with E-state index in [9.17, 15) is 16.8 Å². The van der Waals surface area contributed by atoms with Crippen LogP contribution in [0.15, 0.2) is 16.1 Å². The van der Waals surface area contributed by atoms with Crippen LogP contribution in [-0.2, 0) is 25.9 Å². The number of hydrogen-bond acceptors (Lipinski definition) is 5. The van der Waals surface area contributed by atoms with Crippen molar-refractivity contribution < 1.29 is 16.8 Å². The van der Waals surface area contributed by atoms with Crippen molar-refractivity contribution in [3.05, 3.63) is 6.20 Å². The summed E-state index contributed by atoms with van der Waals surface area (Å²) in [5.41, 5.74) is 0. The van der Waals surface area contributed by atoms with E-state index in [4.69, 9.17) is 10.7 Å². The fraction of sp³-hybridized carbons (Fsp3) is 0.400. The Morgan fingerprint density at radius 1 is 1.36 bits per heavy atom. The number of hydrogen-bond donors (Lipinski definition) is 0. The summed E-state index contributed by atoms with van der Waals surface area (Å²) in [5.74, 6) is 0. The topological polar surface area (TPSA) is 86.1 Å². The lowest BCUT2D eigenvalue weighted by molar-refractivity contribution is 0.572. The van der Waals surface area contributed by atoms with E-state index in [1.807, 2.05) is 0 Å². The zero-order chi connectivity index (χ0) is 11.1. The zero-order valence-electron chi connectivity index (χ0n) is 7.30. The molecule has 0 N–H and O–H groups in total. The molecule has 0 fully saturated rings. The van der Waals surface area contributed by atoms with Gasteiger partial charge in [0.25, 0.3) is 9.05 Å². The standard InChI is InChI=1S/C5H7ClN2O4S2/c1-8-5(13(2,9)10)4(3-7-8)14(6,11)12/h3H,1-2H3. The van der Waals surface area contributed by atoms with Crippen molar-refractivity contribution in [2.45, 2.75) is 9.92 Å². The van der Waals surface area contributed by atoms with E-state index in [2.05, 4.69) is 5.10 Å². The molecule has 1 aromatic heterocycles. The molecule has 0 spiro atoms. The van der Waals surface area contributed by atoms with Crippen LogP contribution >= 0.6 is 10.7 Å². The Bertz CT molecular complexity index is 557. The van der Waals surface area contributed by atoms with Crippen LogP contribution in [0, 0.1) is 0 Å². The number of halogens is 1. The molecule has 9 heteroatoms. The molecule has 0 aliphatic heterocycles. The molecule has 1 heterocycles. The van der Waals surface area contributed by atoms with Gasteiger partial charge in [-0.05, 0) is 0 Å². The van der Waals surface area contributed by atoms with Gasteiger partial charge in [-0.3, -0.25) is 4.68 Å². The van der Waals surface area contributed by atoms with Crippen molar-refractivity contribution >= 4 is 29.6 Å². The van der Waals surface area contributed by atoms with Gasteiger partial charge in [0.1, 0.15) is 4.90 Å². The second-order valence-corrected chi connectivity index (χ2v) is 7.11. The summed E-state index contributed by atoms with van der Waals surface area (Å²) in [6.45, 7) is 0. The Labute approximate surface area is 85.8 Å². The molecule has 14 heavy (non-hydrogen) atoms. The molecule has 0 amide bonds. The normalized spacial score (nSPS) is 13.1. The summed E-state index contributed by atoms with van der Waals surface area (Å²) >= 11 is 0. The predicted molar refractivity (Wildman–Crippen MR) is 49.4 cm³/mol. The molecule has 0 radical (unpaired) electrons. The van der Waals surface area contributed by atoms with Crippen molar-refractivity contribution in [2.75, 3.05) is 6.26 Å². The Balaban J connectivity index is 3.68. The molecule has 0 aliphatic carbocycles. The van der Waals surface area contributed by atoms with Crippen molar-refractivity contribution in [2.24, 2.45) is 7.05 Å². The quantitative estimate of drug-likeness (QED) is 0.683. The fourth-order valence-electron chi connectivity index (χ4n) is 0.996. The highest BCUT2D eigenvalue weighted by Crippen LogP contribution is 2.22. The summed E-state index contributed by atoms with van der Waals surface area (Å²) in [6.07, 6.45) is 1.79. The lowest BCUT2D eigenvalue weighted by atomic mass is 10.7. The van der Waals surface area contributed by atoms with E-state index >= 15 is 0 Å². The molecule has 0 unspecified atom stereocenters. The summed E-state index contributed by atoms with van der Waals surface area (Å²) in [7, 11) is -1.39. The number of sulfone groups is 1. The minimum Gasteiger partial charge on any atom is -0.256 e. The number of aryl methyl sites for hydroxylation is 1. The van der Waals surface area contributed by atoms with Gasteiger partial charge in [0.05, 0.1) is 6.20 Å². The summed E-state index contributed by atoms with van der Waals surface area (Å²) < 4.78 is 45.3. The van der Waals surface area contributed by atoms with Gasteiger partial charge in [-0.15, -0.1) is 0 Å². The van der Waals surface area contributed by atoms with Crippen LogP contribution in [-0.4, -0.2) is 32.9 Å². The molecular weight excluding hydrogens is 252 g/mol. The Kier molecular flexibility index (Phi) is 2.63. The first-order valence-corrected chi connectivity index (χ1v) is 7.51. The fourth-order valence-corrected chi connectivity index (χ4v) is 3.71. The van der Waals surface area contributed by atoms with Gasteiger partial charge in [-0.2, -0.15) is 5.10 Å². The first-order chi connectivity index (χ1) is 6.14. The average molecular weight is 259 g/mol. The van der Waals surface area contributed by atoms with Crippen molar-refractivity contribution in [1.29, 1.82) is 0 Å². The molecule has 0 aliphatic rings.